The van der Waals surface area contributed by atoms with Gasteiger partial charge in [0.05, 0.1) is 12.2 Å². The van der Waals surface area contributed by atoms with E-state index in [0.29, 0.717) is 19.1 Å². The molecule has 0 radical (unpaired) electrons. The average Bonchev–Trinajstić information content (AvgIpc) is 2.37. The van der Waals surface area contributed by atoms with Crippen LogP contribution in [0, 0.1) is 11.7 Å². The van der Waals surface area contributed by atoms with Gasteiger partial charge in [0.2, 0.25) is 0 Å². The van der Waals surface area contributed by atoms with Crippen LogP contribution in [0.15, 0.2) is 18.2 Å². The van der Waals surface area contributed by atoms with Gasteiger partial charge in [-0.05, 0) is 50.1 Å². The van der Waals surface area contributed by atoms with Gasteiger partial charge in [0.25, 0.3) is 0 Å². The molecule has 0 unspecified atom stereocenters. The minimum atomic E-state index is -0.174. The van der Waals surface area contributed by atoms with E-state index in [9.17, 15) is 4.39 Å². The third-order valence-corrected chi connectivity index (χ3v) is 3.68. The Balaban J connectivity index is 2.14. The third-order valence-electron chi connectivity index (χ3n) is 3.68. The lowest BCUT2D eigenvalue weighted by atomic mass is 10.0. The highest BCUT2D eigenvalue weighted by Crippen LogP contribution is 2.27. The van der Waals surface area contributed by atoms with Gasteiger partial charge in [-0.3, -0.25) is 0 Å². The van der Waals surface area contributed by atoms with Crippen molar-refractivity contribution in [3.05, 3.63) is 29.6 Å². The molecule has 0 saturated carbocycles. The summed E-state index contributed by atoms with van der Waals surface area (Å²) >= 11 is 0. The van der Waals surface area contributed by atoms with Gasteiger partial charge < -0.3 is 15.0 Å². The molecule has 4 heteroatoms. The maximum Gasteiger partial charge on any atom is 0.123 e. The molecule has 2 rings (SSSR count). The van der Waals surface area contributed by atoms with E-state index >= 15 is 0 Å². The molecule has 0 aromatic heterocycles. The van der Waals surface area contributed by atoms with Gasteiger partial charge in [-0.2, -0.15) is 0 Å². The predicted molar refractivity (Wildman–Crippen MR) is 85.2 cm³/mol. The normalized spacial score (nSPS) is 18.3. The SMILES string of the molecule is CC(C)CNCc1cc(F)ccc1N1CCOC(C)(C)C1. The van der Waals surface area contributed by atoms with Crippen molar-refractivity contribution in [1.29, 1.82) is 0 Å². The number of nitrogens with one attached hydrogen (secondary N) is 1. The molecule has 1 N–H and O–H groups in total. The van der Waals surface area contributed by atoms with Crippen molar-refractivity contribution in [2.75, 3.05) is 31.1 Å². The fraction of sp³-hybridized carbons (Fsp3) is 0.647. The van der Waals surface area contributed by atoms with Crippen molar-refractivity contribution in [2.45, 2.75) is 39.8 Å². The van der Waals surface area contributed by atoms with Crippen LogP contribution in [0.1, 0.15) is 33.3 Å². The first-order valence-electron chi connectivity index (χ1n) is 7.75. The van der Waals surface area contributed by atoms with E-state index in [2.05, 4.69) is 37.9 Å². The molecule has 1 aliphatic heterocycles. The van der Waals surface area contributed by atoms with E-state index < -0.39 is 0 Å². The molecule has 1 heterocycles. The Morgan fingerprint density at radius 3 is 2.81 bits per heavy atom. The quantitative estimate of drug-likeness (QED) is 0.902. The summed E-state index contributed by atoms with van der Waals surface area (Å²) in [7, 11) is 0. The number of benzene rings is 1. The van der Waals surface area contributed by atoms with Gasteiger partial charge in [0, 0.05) is 25.3 Å². The summed E-state index contributed by atoms with van der Waals surface area (Å²) in [6.07, 6.45) is 0. The number of halogens is 1. The Labute approximate surface area is 127 Å². The highest BCUT2D eigenvalue weighted by Gasteiger charge is 2.28. The van der Waals surface area contributed by atoms with Gasteiger partial charge >= 0.3 is 0 Å². The maximum atomic E-state index is 13.6. The number of ether oxygens (including phenoxy) is 1. The molecule has 1 saturated heterocycles. The lowest BCUT2D eigenvalue weighted by Gasteiger charge is -2.40. The molecule has 1 fully saturated rings. The Morgan fingerprint density at radius 1 is 1.38 bits per heavy atom. The molecule has 1 aromatic rings. The van der Waals surface area contributed by atoms with Crippen molar-refractivity contribution in [1.82, 2.24) is 5.32 Å². The standard InChI is InChI=1S/C17H27FN2O/c1-13(2)10-19-11-14-9-15(18)5-6-16(14)20-7-8-21-17(3,4)12-20/h5-6,9,13,19H,7-8,10-12H2,1-4H3. The molecule has 0 amide bonds. The van der Waals surface area contributed by atoms with Crippen LogP contribution in [0.2, 0.25) is 0 Å². The van der Waals surface area contributed by atoms with Crippen LogP contribution < -0.4 is 10.2 Å². The first-order chi connectivity index (χ1) is 9.87. The van der Waals surface area contributed by atoms with Crippen molar-refractivity contribution >= 4 is 5.69 Å². The van der Waals surface area contributed by atoms with Crippen LogP contribution in [0.3, 0.4) is 0 Å². The highest BCUT2D eigenvalue weighted by molar-refractivity contribution is 5.54. The number of hydrogen-bond donors (Lipinski definition) is 1. The van der Waals surface area contributed by atoms with E-state index in [1.165, 1.54) is 0 Å². The molecular formula is C17H27FN2O. The van der Waals surface area contributed by atoms with Crippen LogP contribution in [-0.2, 0) is 11.3 Å². The number of nitrogens with zero attached hydrogens (tertiary/aromatic N) is 1. The second kappa shape index (κ2) is 6.75. The summed E-state index contributed by atoms with van der Waals surface area (Å²) < 4.78 is 19.3. The van der Waals surface area contributed by atoms with E-state index in [1.807, 2.05) is 6.07 Å². The Hall–Kier alpha value is -1.13. The number of anilines is 1. The van der Waals surface area contributed by atoms with Gasteiger partial charge in [0.15, 0.2) is 0 Å². The molecule has 1 aromatic carbocycles. The van der Waals surface area contributed by atoms with Gasteiger partial charge in [-0.15, -0.1) is 0 Å². The topological polar surface area (TPSA) is 24.5 Å². The maximum absolute atomic E-state index is 13.6. The number of hydrogen-bond acceptors (Lipinski definition) is 3. The Morgan fingerprint density at radius 2 is 2.14 bits per heavy atom. The Kier molecular flexibility index (Phi) is 5.22. The molecule has 118 valence electrons. The average molecular weight is 294 g/mol. The second-order valence-electron chi connectivity index (χ2n) is 6.83. The van der Waals surface area contributed by atoms with Crippen molar-refractivity contribution in [3.8, 4) is 0 Å². The molecule has 0 bridgehead atoms. The highest BCUT2D eigenvalue weighted by atomic mass is 19.1. The van der Waals surface area contributed by atoms with Gasteiger partial charge in [-0.1, -0.05) is 13.8 Å². The molecular weight excluding hydrogens is 267 g/mol. The van der Waals surface area contributed by atoms with Gasteiger partial charge in [-0.25, -0.2) is 4.39 Å². The summed E-state index contributed by atoms with van der Waals surface area (Å²) in [6.45, 7) is 12.6. The smallest absolute Gasteiger partial charge is 0.123 e. The number of rotatable bonds is 5. The van der Waals surface area contributed by atoms with Crippen LogP contribution in [0.25, 0.3) is 0 Å². The second-order valence-corrected chi connectivity index (χ2v) is 6.83. The fourth-order valence-electron chi connectivity index (χ4n) is 2.72. The minimum Gasteiger partial charge on any atom is -0.372 e. The van der Waals surface area contributed by atoms with E-state index in [1.54, 1.807) is 12.1 Å². The zero-order chi connectivity index (χ0) is 15.5. The van der Waals surface area contributed by atoms with Crippen LogP contribution >= 0.6 is 0 Å². The van der Waals surface area contributed by atoms with E-state index in [-0.39, 0.29) is 11.4 Å². The van der Waals surface area contributed by atoms with Crippen LogP contribution in [0.4, 0.5) is 10.1 Å². The molecule has 1 aliphatic rings. The first kappa shape index (κ1) is 16.2. The summed E-state index contributed by atoms with van der Waals surface area (Å²) in [4.78, 5) is 2.30. The van der Waals surface area contributed by atoms with Crippen molar-refractivity contribution < 1.29 is 9.13 Å². The summed E-state index contributed by atoms with van der Waals surface area (Å²) in [5, 5.41) is 3.40. The zero-order valence-electron chi connectivity index (χ0n) is 13.6. The zero-order valence-corrected chi connectivity index (χ0v) is 13.6. The van der Waals surface area contributed by atoms with Crippen LogP contribution in [0.5, 0.6) is 0 Å². The van der Waals surface area contributed by atoms with Crippen molar-refractivity contribution in [2.24, 2.45) is 5.92 Å². The Bertz CT molecular complexity index is 474. The molecule has 0 aliphatic carbocycles. The largest absolute Gasteiger partial charge is 0.372 e. The molecule has 3 nitrogen and oxygen atoms in total. The monoisotopic (exact) mass is 294 g/mol. The van der Waals surface area contributed by atoms with Gasteiger partial charge in [0.1, 0.15) is 5.82 Å². The molecule has 0 atom stereocenters. The molecule has 0 spiro atoms. The summed E-state index contributed by atoms with van der Waals surface area (Å²) in [5.41, 5.74) is 1.98. The predicted octanol–water partition coefficient (Wildman–Crippen LogP) is 3.19. The lowest BCUT2D eigenvalue weighted by Crippen LogP contribution is -2.48. The van der Waals surface area contributed by atoms with E-state index in [4.69, 9.17) is 4.74 Å². The molecule has 21 heavy (non-hydrogen) atoms. The third kappa shape index (κ3) is 4.68. The number of morpholine rings is 1. The minimum absolute atomic E-state index is 0.157. The van der Waals surface area contributed by atoms with E-state index in [0.717, 1.165) is 30.9 Å². The van der Waals surface area contributed by atoms with Crippen molar-refractivity contribution in [3.63, 3.8) is 0 Å². The summed E-state index contributed by atoms with van der Waals surface area (Å²) in [5.74, 6) is 0.414. The lowest BCUT2D eigenvalue weighted by molar-refractivity contribution is -0.0277. The summed E-state index contributed by atoms with van der Waals surface area (Å²) in [6, 6.07) is 5.08. The first-order valence-corrected chi connectivity index (χ1v) is 7.75. The fourth-order valence-corrected chi connectivity index (χ4v) is 2.72. The van der Waals surface area contributed by atoms with Crippen LogP contribution in [-0.4, -0.2) is 31.8 Å².